The first-order chi connectivity index (χ1) is 14.3. The molecule has 1 spiro atoms. The lowest BCUT2D eigenvalue weighted by Crippen LogP contribution is -2.59. The molecule has 0 aliphatic carbocycles. The molecule has 3 aliphatic heterocycles. The van der Waals surface area contributed by atoms with E-state index >= 15 is 0 Å². The number of likely N-dealkylation sites (tertiary alicyclic amines) is 1. The van der Waals surface area contributed by atoms with Gasteiger partial charge in [0.15, 0.2) is 0 Å². The predicted molar refractivity (Wildman–Crippen MR) is 106 cm³/mol. The summed E-state index contributed by atoms with van der Waals surface area (Å²) in [5, 5.41) is 13.4. The van der Waals surface area contributed by atoms with Crippen LogP contribution in [0.15, 0.2) is 12.4 Å². The first-order valence-corrected chi connectivity index (χ1v) is 11.1. The summed E-state index contributed by atoms with van der Waals surface area (Å²) in [7, 11) is -1.51. The van der Waals surface area contributed by atoms with Crippen molar-refractivity contribution in [1.82, 2.24) is 28.6 Å². The van der Waals surface area contributed by atoms with Crippen molar-refractivity contribution in [3.05, 3.63) is 18.0 Å². The number of rotatable bonds is 3. The number of aromatic amines is 1. The lowest BCUT2D eigenvalue weighted by Gasteiger charge is -2.42. The summed E-state index contributed by atoms with van der Waals surface area (Å²) in [6.45, 7) is 4.17. The van der Waals surface area contributed by atoms with E-state index in [9.17, 15) is 13.2 Å². The molecular formula is C17H28N6O6S. The van der Waals surface area contributed by atoms with Gasteiger partial charge in [0.05, 0.1) is 24.9 Å². The Morgan fingerprint density at radius 2 is 1.90 bits per heavy atom. The molecule has 30 heavy (non-hydrogen) atoms. The fourth-order valence-corrected chi connectivity index (χ4v) is 5.66. The molecule has 2 N–H and O–H groups in total. The van der Waals surface area contributed by atoms with Gasteiger partial charge in [0.1, 0.15) is 5.60 Å². The van der Waals surface area contributed by atoms with Crippen molar-refractivity contribution in [3.8, 4) is 0 Å². The number of morpholine rings is 1. The van der Waals surface area contributed by atoms with Crippen LogP contribution in [0, 0.1) is 0 Å². The molecule has 0 aromatic carbocycles. The average molecular weight is 445 g/mol. The van der Waals surface area contributed by atoms with E-state index < -0.39 is 15.8 Å². The third-order valence-corrected chi connectivity index (χ3v) is 7.66. The van der Waals surface area contributed by atoms with E-state index in [1.165, 1.54) is 10.5 Å². The molecule has 3 aliphatic rings. The van der Waals surface area contributed by atoms with Crippen LogP contribution >= 0.6 is 0 Å². The number of carbonyl (C=O) groups excluding carboxylic acids is 1. The molecule has 4 heterocycles. The lowest BCUT2D eigenvalue weighted by molar-refractivity contribution is -0.122. The maximum Gasteiger partial charge on any atom is 0.290 e. The zero-order chi connectivity index (χ0) is 21.8. The van der Waals surface area contributed by atoms with E-state index in [-0.39, 0.29) is 18.9 Å². The first-order valence-electron chi connectivity index (χ1n) is 9.75. The van der Waals surface area contributed by atoms with Crippen LogP contribution in [-0.4, -0.2) is 126 Å². The number of piperazine rings is 1. The van der Waals surface area contributed by atoms with Gasteiger partial charge in [-0.25, -0.2) is 0 Å². The van der Waals surface area contributed by atoms with Gasteiger partial charge in [-0.3, -0.25) is 14.7 Å². The van der Waals surface area contributed by atoms with Gasteiger partial charge in [-0.2, -0.15) is 22.1 Å². The highest BCUT2D eigenvalue weighted by molar-refractivity contribution is 7.86. The van der Waals surface area contributed by atoms with Gasteiger partial charge < -0.3 is 19.6 Å². The second-order valence-electron chi connectivity index (χ2n) is 7.64. The summed E-state index contributed by atoms with van der Waals surface area (Å²) in [4.78, 5) is 24.8. The Balaban J connectivity index is 0.000000806. The van der Waals surface area contributed by atoms with Gasteiger partial charge >= 0.3 is 0 Å². The molecule has 1 unspecified atom stereocenters. The van der Waals surface area contributed by atoms with E-state index in [1.807, 2.05) is 7.05 Å². The molecule has 3 saturated heterocycles. The van der Waals surface area contributed by atoms with Gasteiger partial charge in [0.2, 0.25) is 0 Å². The topological polar surface area (TPSA) is 139 Å². The first kappa shape index (κ1) is 22.6. The van der Waals surface area contributed by atoms with Crippen molar-refractivity contribution in [3.63, 3.8) is 0 Å². The molecule has 1 amide bonds. The summed E-state index contributed by atoms with van der Waals surface area (Å²) >= 11 is 0. The zero-order valence-corrected chi connectivity index (χ0v) is 17.8. The highest BCUT2D eigenvalue weighted by atomic mass is 32.2. The Hall–Kier alpha value is -2.06. The number of carbonyl (C=O) groups is 2. The highest BCUT2D eigenvalue weighted by Gasteiger charge is 2.47. The SMILES string of the molecule is CN1CCN(S(=O)(=O)N2CCOC3(CCN(C(=O)c4cn[nH]c4)C3)C2)CC1.O=CO. The van der Waals surface area contributed by atoms with Crippen molar-refractivity contribution >= 4 is 22.6 Å². The summed E-state index contributed by atoms with van der Waals surface area (Å²) in [6, 6.07) is 0. The van der Waals surface area contributed by atoms with Crippen LogP contribution in [0.5, 0.6) is 0 Å². The fraction of sp³-hybridized carbons (Fsp3) is 0.706. The minimum atomic E-state index is -3.51. The monoisotopic (exact) mass is 444 g/mol. The van der Waals surface area contributed by atoms with E-state index in [0.717, 1.165) is 13.1 Å². The van der Waals surface area contributed by atoms with Gasteiger partial charge in [0, 0.05) is 52.0 Å². The van der Waals surface area contributed by atoms with Crippen LogP contribution in [0.2, 0.25) is 0 Å². The molecule has 0 radical (unpaired) electrons. The van der Waals surface area contributed by atoms with E-state index in [0.29, 0.717) is 51.3 Å². The highest BCUT2D eigenvalue weighted by Crippen LogP contribution is 2.31. The Bertz CT molecular complexity index is 826. The second kappa shape index (κ2) is 9.39. The van der Waals surface area contributed by atoms with Crippen LogP contribution in [0.1, 0.15) is 16.8 Å². The smallest absolute Gasteiger partial charge is 0.290 e. The number of hydrogen-bond donors (Lipinski definition) is 2. The minimum Gasteiger partial charge on any atom is -0.483 e. The van der Waals surface area contributed by atoms with Crippen LogP contribution in [0.3, 0.4) is 0 Å². The summed E-state index contributed by atoms with van der Waals surface area (Å²) in [5.74, 6) is -0.108. The van der Waals surface area contributed by atoms with Crippen LogP contribution in [0.25, 0.3) is 0 Å². The normalized spacial score (nSPS) is 26.4. The number of aromatic nitrogens is 2. The summed E-state index contributed by atoms with van der Waals surface area (Å²) in [5.41, 5.74) is -0.123. The van der Waals surface area contributed by atoms with Gasteiger partial charge in [-0.15, -0.1) is 0 Å². The van der Waals surface area contributed by atoms with Crippen molar-refractivity contribution < 1.29 is 27.9 Å². The quantitative estimate of drug-likeness (QED) is 0.538. The molecule has 4 rings (SSSR count). The molecule has 0 saturated carbocycles. The number of ether oxygens (including phenoxy) is 1. The van der Waals surface area contributed by atoms with E-state index in [4.69, 9.17) is 14.6 Å². The average Bonchev–Trinajstić information content (AvgIpc) is 3.39. The molecule has 1 aromatic rings. The fourth-order valence-electron chi connectivity index (χ4n) is 4.00. The maximum absolute atomic E-state index is 13.1. The van der Waals surface area contributed by atoms with Crippen LogP contribution in [-0.2, 0) is 19.7 Å². The van der Waals surface area contributed by atoms with Crippen molar-refractivity contribution in [2.75, 3.05) is 66.0 Å². The molecule has 1 aromatic heterocycles. The van der Waals surface area contributed by atoms with Gasteiger partial charge in [0.25, 0.3) is 22.6 Å². The van der Waals surface area contributed by atoms with Gasteiger partial charge in [-0.05, 0) is 13.5 Å². The predicted octanol–water partition coefficient (Wildman–Crippen LogP) is -1.48. The second-order valence-corrected chi connectivity index (χ2v) is 9.57. The van der Waals surface area contributed by atoms with Crippen LogP contribution < -0.4 is 0 Å². The minimum absolute atomic E-state index is 0.108. The Morgan fingerprint density at radius 1 is 1.20 bits per heavy atom. The lowest BCUT2D eigenvalue weighted by atomic mass is 10.0. The zero-order valence-electron chi connectivity index (χ0n) is 16.9. The Morgan fingerprint density at radius 3 is 2.53 bits per heavy atom. The molecule has 168 valence electrons. The third kappa shape index (κ3) is 4.81. The largest absolute Gasteiger partial charge is 0.483 e. The standard InChI is InChI=1S/C16H26N6O4S.CH2O2/c1-19-4-6-21(7-5-19)27(24,25)22-8-9-26-16(13-22)2-3-20(12-16)15(23)14-10-17-18-11-14;2-1-3/h10-11H,2-9,12-13H2,1H3,(H,17,18);1H,(H,2,3). The molecule has 3 fully saturated rings. The number of H-pyrrole nitrogens is 1. The molecular weight excluding hydrogens is 416 g/mol. The molecule has 1 atom stereocenters. The van der Waals surface area contributed by atoms with Crippen molar-refractivity contribution in [2.24, 2.45) is 0 Å². The van der Waals surface area contributed by atoms with Crippen molar-refractivity contribution in [1.29, 1.82) is 0 Å². The van der Waals surface area contributed by atoms with Gasteiger partial charge in [-0.1, -0.05) is 0 Å². The summed E-state index contributed by atoms with van der Waals surface area (Å²) < 4.78 is 35.3. The number of carboxylic acid groups (broad SMARTS) is 1. The Kier molecular flexibility index (Phi) is 7.08. The molecule has 0 bridgehead atoms. The number of hydrogen-bond acceptors (Lipinski definition) is 7. The van der Waals surface area contributed by atoms with E-state index in [1.54, 1.807) is 15.4 Å². The summed E-state index contributed by atoms with van der Waals surface area (Å²) in [6.07, 6.45) is 3.70. The van der Waals surface area contributed by atoms with Crippen LogP contribution in [0.4, 0.5) is 0 Å². The number of amides is 1. The molecule has 13 heteroatoms. The number of likely N-dealkylation sites (N-methyl/N-ethyl adjacent to an activating group) is 1. The number of nitrogens with one attached hydrogen (secondary N) is 1. The maximum atomic E-state index is 13.1. The van der Waals surface area contributed by atoms with Crippen molar-refractivity contribution in [2.45, 2.75) is 12.0 Å². The Labute approximate surface area is 175 Å². The number of nitrogens with zero attached hydrogens (tertiary/aromatic N) is 5. The van der Waals surface area contributed by atoms with E-state index in [2.05, 4.69) is 15.1 Å². The third-order valence-electron chi connectivity index (χ3n) is 5.68. The molecule has 12 nitrogen and oxygen atoms in total.